The van der Waals surface area contributed by atoms with Crippen LogP contribution in [0.15, 0.2) is 47.7 Å². The lowest BCUT2D eigenvalue weighted by Crippen LogP contribution is -2.42. The van der Waals surface area contributed by atoms with Crippen LogP contribution in [-0.4, -0.2) is 43.8 Å². The van der Waals surface area contributed by atoms with E-state index in [1.807, 2.05) is 18.2 Å². The molecule has 0 unspecified atom stereocenters. The molecule has 1 aliphatic heterocycles. The number of nitrogens with zero attached hydrogens (tertiary/aromatic N) is 2. The van der Waals surface area contributed by atoms with Crippen LogP contribution in [0, 0.1) is 0 Å². The maximum absolute atomic E-state index is 11.9. The van der Waals surface area contributed by atoms with Crippen LogP contribution < -0.4 is 25.4 Å². The van der Waals surface area contributed by atoms with Gasteiger partial charge in [-0.3, -0.25) is 14.8 Å². The highest BCUT2D eigenvalue weighted by Crippen LogP contribution is 2.32. The Bertz CT molecular complexity index is 780. The fourth-order valence-corrected chi connectivity index (χ4v) is 2.45. The average Bonchev–Trinajstić information content (AvgIpc) is 3.13. The summed E-state index contributed by atoms with van der Waals surface area (Å²) in [5.74, 6) is 1.94. The number of aromatic nitrogens is 1. The van der Waals surface area contributed by atoms with Crippen LogP contribution in [0.3, 0.4) is 0 Å². The van der Waals surface area contributed by atoms with Crippen molar-refractivity contribution in [2.45, 2.75) is 6.42 Å². The second-order valence-electron chi connectivity index (χ2n) is 5.58. The van der Waals surface area contributed by atoms with E-state index in [9.17, 15) is 4.79 Å². The number of amides is 1. The number of guanidine groups is 1. The van der Waals surface area contributed by atoms with Crippen molar-refractivity contribution in [3.05, 3.63) is 48.3 Å². The number of benzene rings is 1. The van der Waals surface area contributed by atoms with Gasteiger partial charge in [0.1, 0.15) is 0 Å². The summed E-state index contributed by atoms with van der Waals surface area (Å²) >= 11 is 0. The van der Waals surface area contributed by atoms with Crippen molar-refractivity contribution in [2.24, 2.45) is 4.99 Å². The standard InChI is InChI=1S/C18H21N5O3/c1-19-18(22-11-17(24)23-14-3-2-7-20-10-14)21-8-6-13-4-5-15-16(9-13)26-12-25-15/h2-5,7,9-10H,6,8,11-12H2,1H3,(H,23,24)(H2,19,21,22). The molecule has 0 atom stereocenters. The van der Waals surface area contributed by atoms with Crippen molar-refractivity contribution in [3.8, 4) is 11.5 Å². The summed E-state index contributed by atoms with van der Waals surface area (Å²) in [6.45, 7) is 1.05. The number of hydrogen-bond acceptors (Lipinski definition) is 5. The van der Waals surface area contributed by atoms with E-state index in [0.29, 0.717) is 18.2 Å². The van der Waals surface area contributed by atoms with E-state index in [1.54, 1.807) is 31.6 Å². The Balaban J connectivity index is 1.40. The number of ether oxygens (including phenoxy) is 2. The van der Waals surface area contributed by atoms with Crippen molar-refractivity contribution < 1.29 is 14.3 Å². The molecular formula is C18H21N5O3. The molecule has 8 nitrogen and oxygen atoms in total. The number of pyridine rings is 1. The van der Waals surface area contributed by atoms with Gasteiger partial charge in [-0.25, -0.2) is 0 Å². The van der Waals surface area contributed by atoms with Gasteiger partial charge in [0.2, 0.25) is 12.7 Å². The molecule has 3 N–H and O–H groups in total. The minimum absolute atomic E-state index is 0.110. The number of anilines is 1. The van der Waals surface area contributed by atoms with Gasteiger partial charge >= 0.3 is 0 Å². The van der Waals surface area contributed by atoms with Crippen LogP contribution in [-0.2, 0) is 11.2 Å². The molecule has 2 heterocycles. The Kier molecular flexibility index (Phi) is 5.87. The van der Waals surface area contributed by atoms with E-state index in [2.05, 4.69) is 25.9 Å². The summed E-state index contributed by atoms with van der Waals surface area (Å²) in [6, 6.07) is 9.44. The van der Waals surface area contributed by atoms with Gasteiger partial charge in [-0.2, -0.15) is 0 Å². The van der Waals surface area contributed by atoms with Crippen LogP contribution in [0.25, 0.3) is 0 Å². The van der Waals surface area contributed by atoms with Crippen LogP contribution in [0.4, 0.5) is 5.69 Å². The minimum Gasteiger partial charge on any atom is -0.454 e. The predicted octanol–water partition coefficient (Wildman–Crippen LogP) is 1.16. The number of fused-ring (bicyclic) bond motifs is 1. The molecule has 0 fully saturated rings. The molecule has 1 aromatic carbocycles. The molecule has 2 aromatic rings. The summed E-state index contributed by atoms with van der Waals surface area (Å²) < 4.78 is 10.7. The third kappa shape index (κ3) is 4.85. The van der Waals surface area contributed by atoms with Gasteiger partial charge in [-0.15, -0.1) is 0 Å². The summed E-state index contributed by atoms with van der Waals surface area (Å²) in [6.07, 6.45) is 4.04. The SMILES string of the molecule is CN=C(NCCc1ccc2c(c1)OCO2)NCC(=O)Nc1cccnc1. The van der Waals surface area contributed by atoms with E-state index in [4.69, 9.17) is 9.47 Å². The molecule has 136 valence electrons. The number of nitrogens with one attached hydrogen (secondary N) is 3. The number of carbonyl (C=O) groups excluding carboxylic acids is 1. The second-order valence-corrected chi connectivity index (χ2v) is 5.58. The van der Waals surface area contributed by atoms with Crippen LogP contribution >= 0.6 is 0 Å². The minimum atomic E-state index is -0.170. The maximum Gasteiger partial charge on any atom is 0.243 e. The van der Waals surface area contributed by atoms with E-state index in [1.165, 1.54) is 0 Å². The zero-order valence-corrected chi connectivity index (χ0v) is 14.5. The molecule has 1 aromatic heterocycles. The molecule has 0 bridgehead atoms. The number of rotatable bonds is 6. The van der Waals surface area contributed by atoms with Gasteiger partial charge in [0.15, 0.2) is 17.5 Å². The maximum atomic E-state index is 11.9. The van der Waals surface area contributed by atoms with E-state index in [-0.39, 0.29) is 19.2 Å². The van der Waals surface area contributed by atoms with Crippen molar-refractivity contribution in [3.63, 3.8) is 0 Å². The van der Waals surface area contributed by atoms with Gasteiger partial charge in [0.05, 0.1) is 18.4 Å². The summed E-state index contributed by atoms with van der Waals surface area (Å²) in [5, 5.41) is 8.91. The van der Waals surface area contributed by atoms with Gasteiger partial charge < -0.3 is 25.4 Å². The highest BCUT2D eigenvalue weighted by atomic mass is 16.7. The Morgan fingerprint density at radius 1 is 1.23 bits per heavy atom. The summed E-state index contributed by atoms with van der Waals surface area (Å²) in [4.78, 5) is 20.0. The number of aliphatic imine (C=N–C) groups is 1. The largest absolute Gasteiger partial charge is 0.454 e. The highest BCUT2D eigenvalue weighted by molar-refractivity contribution is 5.94. The molecule has 1 aliphatic rings. The smallest absolute Gasteiger partial charge is 0.243 e. The highest BCUT2D eigenvalue weighted by Gasteiger charge is 2.13. The molecule has 3 rings (SSSR count). The Morgan fingerprint density at radius 3 is 2.92 bits per heavy atom. The quantitative estimate of drug-likeness (QED) is 0.531. The average molecular weight is 355 g/mol. The van der Waals surface area contributed by atoms with E-state index in [0.717, 1.165) is 23.5 Å². The van der Waals surface area contributed by atoms with E-state index >= 15 is 0 Å². The first-order chi connectivity index (χ1) is 12.7. The van der Waals surface area contributed by atoms with Gasteiger partial charge in [-0.05, 0) is 36.2 Å². The molecule has 0 spiro atoms. The van der Waals surface area contributed by atoms with Crippen molar-refractivity contribution >= 4 is 17.6 Å². The fraction of sp³-hybridized carbons (Fsp3) is 0.278. The lowest BCUT2D eigenvalue weighted by Gasteiger charge is -2.12. The zero-order valence-electron chi connectivity index (χ0n) is 14.5. The first-order valence-electron chi connectivity index (χ1n) is 8.27. The zero-order chi connectivity index (χ0) is 18.2. The molecular weight excluding hydrogens is 334 g/mol. The lowest BCUT2D eigenvalue weighted by molar-refractivity contribution is -0.115. The number of carbonyl (C=O) groups is 1. The lowest BCUT2D eigenvalue weighted by atomic mass is 10.1. The normalized spacial score (nSPS) is 12.6. The third-order valence-corrected chi connectivity index (χ3v) is 3.73. The topological polar surface area (TPSA) is 96.9 Å². The fourth-order valence-electron chi connectivity index (χ4n) is 2.45. The van der Waals surface area contributed by atoms with Crippen LogP contribution in [0.2, 0.25) is 0 Å². The van der Waals surface area contributed by atoms with Gasteiger partial charge in [-0.1, -0.05) is 6.07 Å². The Morgan fingerprint density at radius 2 is 2.12 bits per heavy atom. The Labute approximate surface area is 151 Å². The first-order valence-corrected chi connectivity index (χ1v) is 8.27. The first kappa shape index (κ1) is 17.5. The summed E-state index contributed by atoms with van der Waals surface area (Å²) in [7, 11) is 1.66. The Hall–Kier alpha value is -3.29. The van der Waals surface area contributed by atoms with E-state index < -0.39 is 0 Å². The van der Waals surface area contributed by atoms with Gasteiger partial charge in [0, 0.05) is 19.8 Å². The monoisotopic (exact) mass is 355 g/mol. The van der Waals surface area contributed by atoms with Crippen LogP contribution in [0.1, 0.15) is 5.56 Å². The van der Waals surface area contributed by atoms with Crippen molar-refractivity contribution in [2.75, 3.05) is 32.2 Å². The molecule has 26 heavy (non-hydrogen) atoms. The molecule has 0 aliphatic carbocycles. The molecule has 8 heteroatoms. The van der Waals surface area contributed by atoms with Crippen molar-refractivity contribution in [1.82, 2.24) is 15.6 Å². The number of hydrogen-bond donors (Lipinski definition) is 3. The molecule has 0 saturated heterocycles. The van der Waals surface area contributed by atoms with Crippen molar-refractivity contribution in [1.29, 1.82) is 0 Å². The van der Waals surface area contributed by atoms with Crippen LogP contribution in [0.5, 0.6) is 11.5 Å². The molecule has 0 radical (unpaired) electrons. The van der Waals surface area contributed by atoms with Gasteiger partial charge in [0.25, 0.3) is 0 Å². The molecule has 1 amide bonds. The summed E-state index contributed by atoms with van der Waals surface area (Å²) in [5.41, 5.74) is 1.79. The third-order valence-electron chi connectivity index (χ3n) is 3.73. The predicted molar refractivity (Wildman–Crippen MR) is 98.5 cm³/mol. The molecule has 0 saturated carbocycles. The second kappa shape index (κ2) is 8.70.